The number of hydrogen-bond donors (Lipinski definition) is 0. The zero-order valence-electron chi connectivity index (χ0n) is 12.7. The van der Waals surface area contributed by atoms with Crippen LogP contribution in [-0.4, -0.2) is 48.6 Å². The number of hydrogen-bond acceptors (Lipinski definition) is 6. The van der Waals surface area contributed by atoms with E-state index < -0.39 is 0 Å². The second-order valence-corrected chi connectivity index (χ2v) is 6.81. The molecule has 1 aliphatic heterocycles. The third-order valence-electron chi connectivity index (χ3n) is 4.39. The van der Waals surface area contributed by atoms with Crippen LogP contribution in [0.1, 0.15) is 37.8 Å². The molecular weight excluding hydrogens is 286 g/mol. The van der Waals surface area contributed by atoms with Gasteiger partial charge in [0.05, 0.1) is 12.8 Å². The number of thiazole rings is 1. The Labute approximate surface area is 129 Å². The van der Waals surface area contributed by atoms with Crippen molar-refractivity contribution in [2.24, 2.45) is 0 Å². The molecular formula is C15H23N3O2S. The molecule has 0 spiro atoms. The molecule has 0 unspecified atom stereocenters. The predicted octanol–water partition coefficient (Wildman–Crippen LogP) is 2.27. The van der Waals surface area contributed by atoms with Gasteiger partial charge in [0.1, 0.15) is 6.04 Å². The van der Waals surface area contributed by atoms with Gasteiger partial charge in [-0.05, 0) is 32.2 Å². The number of nitrogens with zero attached hydrogens (tertiary/aromatic N) is 3. The van der Waals surface area contributed by atoms with Crippen LogP contribution in [0.2, 0.25) is 0 Å². The quantitative estimate of drug-likeness (QED) is 0.781. The summed E-state index contributed by atoms with van der Waals surface area (Å²) in [7, 11) is 3.60. The van der Waals surface area contributed by atoms with Gasteiger partial charge in [0.2, 0.25) is 0 Å². The van der Waals surface area contributed by atoms with Crippen molar-refractivity contribution in [1.82, 2.24) is 9.88 Å². The molecule has 1 aromatic heterocycles. The number of methoxy groups -OCH3 is 1. The Morgan fingerprint density at radius 3 is 3.00 bits per heavy atom. The van der Waals surface area contributed by atoms with Gasteiger partial charge in [0, 0.05) is 25.0 Å². The summed E-state index contributed by atoms with van der Waals surface area (Å²) >= 11 is 1.70. The first kappa shape index (κ1) is 14.8. The molecule has 1 aromatic rings. The molecule has 0 N–H and O–H groups in total. The number of ether oxygens (including phenoxy) is 1. The summed E-state index contributed by atoms with van der Waals surface area (Å²) in [6.07, 6.45) is 5.70. The summed E-state index contributed by atoms with van der Waals surface area (Å²) in [6.45, 7) is 1.69. The molecule has 21 heavy (non-hydrogen) atoms. The van der Waals surface area contributed by atoms with E-state index in [2.05, 4.69) is 22.2 Å². The highest BCUT2D eigenvalue weighted by molar-refractivity contribution is 7.13. The highest BCUT2D eigenvalue weighted by Crippen LogP contribution is 2.32. The Hall–Kier alpha value is -1.14. The van der Waals surface area contributed by atoms with Gasteiger partial charge in [-0.15, -0.1) is 11.3 Å². The minimum atomic E-state index is -0.111. The van der Waals surface area contributed by atoms with Crippen LogP contribution in [0.5, 0.6) is 0 Å². The lowest BCUT2D eigenvalue weighted by Crippen LogP contribution is -2.44. The average molecular weight is 309 g/mol. The molecule has 1 saturated carbocycles. The lowest BCUT2D eigenvalue weighted by atomic mass is 10.0. The minimum absolute atomic E-state index is 0.102. The number of piperidine rings is 1. The third kappa shape index (κ3) is 3.37. The number of carbonyl (C=O) groups is 1. The summed E-state index contributed by atoms with van der Waals surface area (Å²) in [6, 6.07) is 0.580. The van der Waals surface area contributed by atoms with Crippen LogP contribution >= 0.6 is 11.3 Å². The van der Waals surface area contributed by atoms with Crippen LogP contribution in [0.3, 0.4) is 0 Å². The van der Waals surface area contributed by atoms with Crippen molar-refractivity contribution in [3.8, 4) is 0 Å². The number of anilines is 1. The van der Waals surface area contributed by atoms with Crippen molar-refractivity contribution < 1.29 is 9.53 Å². The molecule has 6 heteroatoms. The number of aromatic nitrogens is 1. The molecule has 5 nitrogen and oxygen atoms in total. The van der Waals surface area contributed by atoms with Gasteiger partial charge < -0.3 is 9.64 Å². The highest BCUT2D eigenvalue weighted by Gasteiger charge is 2.31. The number of likely N-dealkylation sites (tertiary alicyclic amines) is 1. The topological polar surface area (TPSA) is 45.7 Å². The van der Waals surface area contributed by atoms with Crippen LogP contribution in [0.4, 0.5) is 5.13 Å². The molecule has 2 heterocycles. The lowest BCUT2D eigenvalue weighted by Gasteiger charge is -2.33. The first-order chi connectivity index (χ1) is 10.2. The van der Waals surface area contributed by atoms with Crippen LogP contribution in [0, 0.1) is 0 Å². The molecule has 0 amide bonds. The number of rotatable bonds is 5. The van der Waals surface area contributed by atoms with E-state index in [1.165, 1.54) is 20.0 Å². The molecule has 0 radical (unpaired) electrons. The predicted molar refractivity (Wildman–Crippen MR) is 83.6 cm³/mol. The lowest BCUT2D eigenvalue weighted by molar-refractivity contribution is -0.148. The summed E-state index contributed by atoms with van der Waals surface area (Å²) in [5.41, 5.74) is 1.07. The molecule has 116 valence electrons. The number of esters is 1. The fourth-order valence-corrected chi connectivity index (χ4v) is 3.79. The van der Waals surface area contributed by atoms with E-state index in [0.717, 1.165) is 43.2 Å². The van der Waals surface area contributed by atoms with Crippen molar-refractivity contribution in [1.29, 1.82) is 0 Å². The fourth-order valence-electron chi connectivity index (χ4n) is 2.94. The molecule has 1 atom stereocenters. The maximum atomic E-state index is 11.9. The maximum Gasteiger partial charge on any atom is 0.323 e. The third-order valence-corrected chi connectivity index (χ3v) is 5.37. The normalized spacial score (nSPS) is 23.0. The van der Waals surface area contributed by atoms with Crippen molar-refractivity contribution in [3.63, 3.8) is 0 Å². The second kappa shape index (κ2) is 6.32. The zero-order chi connectivity index (χ0) is 14.8. The summed E-state index contributed by atoms with van der Waals surface area (Å²) in [4.78, 5) is 21.1. The fraction of sp³-hybridized carbons (Fsp3) is 0.733. The van der Waals surface area contributed by atoms with E-state index >= 15 is 0 Å². The largest absolute Gasteiger partial charge is 0.468 e. The van der Waals surface area contributed by atoms with Gasteiger partial charge in [-0.1, -0.05) is 6.42 Å². The van der Waals surface area contributed by atoms with E-state index in [4.69, 9.17) is 9.72 Å². The Morgan fingerprint density at radius 2 is 2.29 bits per heavy atom. The smallest absolute Gasteiger partial charge is 0.323 e. The molecule has 2 fully saturated rings. The SMILES string of the molecule is COC(=O)[C@@H]1CCCCN1Cc1csc(N(C)C2CC2)n1. The van der Waals surface area contributed by atoms with Crippen LogP contribution in [-0.2, 0) is 16.1 Å². The maximum absolute atomic E-state index is 11.9. The van der Waals surface area contributed by atoms with E-state index in [-0.39, 0.29) is 12.0 Å². The molecule has 1 aliphatic carbocycles. The standard InChI is InChI=1S/C15H23N3O2S/c1-17(12-6-7-12)15-16-11(10-21-15)9-18-8-4-3-5-13(18)14(19)20-2/h10,12-13H,3-9H2,1-2H3/t13-/m0/s1. The van der Waals surface area contributed by atoms with Gasteiger partial charge in [0.15, 0.2) is 5.13 Å². The van der Waals surface area contributed by atoms with Gasteiger partial charge in [-0.3, -0.25) is 9.69 Å². The molecule has 0 bridgehead atoms. The highest BCUT2D eigenvalue weighted by atomic mass is 32.1. The van der Waals surface area contributed by atoms with Crippen molar-refractivity contribution in [3.05, 3.63) is 11.1 Å². The van der Waals surface area contributed by atoms with Crippen LogP contribution in [0.15, 0.2) is 5.38 Å². The Bertz CT molecular complexity index is 501. The van der Waals surface area contributed by atoms with E-state index in [0.29, 0.717) is 6.04 Å². The molecule has 3 rings (SSSR count). The first-order valence-electron chi connectivity index (χ1n) is 7.68. The minimum Gasteiger partial charge on any atom is -0.468 e. The Kier molecular flexibility index (Phi) is 4.45. The summed E-state index contributed by atoms with van der Waals surface area (Å²) in [5, 5.41) is 3.22. The van der Waals surface area contributed by atoms with Gasteiger partial charge in [0.25, 0.3) is 0 Å². The average Bonchev–Trinajstić information content (AvgIpc) is 3.26. The van der Waals surface area contributed by atoms with Crippen molar-refractivity contribution >= 4 is 22.4 Å². The number of carbonyl (C=O) groups excluding carboxylic acids is 1. The van der Waals surface area contributed by atoms with E-state index in [1.807, 2.05) is 0 Å². The van der Waals surface area contributed by atoms with E-state index in [9.17, 15) is 4.79 Å². The van der Waals surface area contributed by atoms with Crippen molar-refractivity contribution in [2.45, 2.75) is 50.7 Å². The Balaban J connectivity index is 1.65. The summed E-state index contributed by atoms with van der Waals surface area (Å²) in [5.74, 6) is -0.111. The molecule has 0 aromatic carbocycles. The molecule has 1 saturated heterocycles. The van der Waals surface area contributed by atoms with Crippen LogP contribution < -0.4 is 4.90 Å². The van der Waals surface area contributed by atoms with E-state index in [1.54, 1.807) is 11.3 Å². The first-order valence-corrected chi connectivity index (χ1v) is 8.56. The second-order valence-electron chi connectivity index (χ2n) is 5.97. The zero-order valence-corrected chi connectivity index (χ0v) is 13.6. The summed E-state index contributed by atoms with van der Waals surface area (Å²) < 4.78 is 4.93. The van der Waals surface area contributed by atoms with Gasteiger partial charge in [-0.2, -0.15) is 0 Å². The van der Waals surface area contributed by atoms with Crippen molar-refractivity contribution in [2.75, 3.05) is 25.6 Å². The monoisotopic (exact) mass is 309 g/mol. The van der Waals surface area contributed by atoms with Gasteiger partial charge in [-0.25, -0.2) is 4.98 Å². The van der Waals surface area contributed by atoms with Crippen LogP contribution in [0.25, 0.3) is 0 Å². The van der Waals surface area contributed by atoms with Gasteiger partial charge >= 0.3 is 5.97 Å². The molecule has 2 aliphatic rings. The Morgan fingerprint density at radius 1 is 1.48 bits per heavy atom.